The number of methoxy groups -OCH3 is 1. The molecular weight excluding hydrogens is 278 g/mol. The lowest BCUT2D eigenvalue weighted by molar-refractivity contribution is -0.149. The summed E-state index contributed by atoms with van der Waals surface area (Å²) in [6.45, 7) is 2.49. The van der Waals surface area contributed by atoms with Gasteiger partial charge >= 0.3 is 5.97 Å². The van der Waals surface area contributed by atoms with Gasteiger partial charge in [0, 0.05) is 13.1 Å². The Morgan fingerprint density at radius 3 is 2.50 bits per heavy atom. The number of ether oxygens (including phenoxy) is 1. The van der Waals surface area contributed by atoms with Crippen LogP contribution in [0, 0.1) is 0 Å². The predicted octanol–water partition coefficient (Wildman–Crippen LogP) is 2.99. The first-order valence-corrected chi connectivity index (χ1v) is 7.63. The SMILES string of the molecule is COC(=O)C1(c2ccccc2)CCN(Cc2ccco2)CC1. The van der Waals surface area contributed by atoms with E-state index < -0.39 is 5.41 Å². The lowest BCUT2D eigenvalue weighted by Gasteiger charge is -2.39. The van der Waals surface area contributed by atoms with Crippen LogP contribution in [0.15, 0.2) is 53.1 Å². The third kappa shape index (κ3) is 2.79. The second kappa shape index (κ2) is 6.36. The van der Waals surface area contributed by atoms with E-state index in [4.69, 9.17) is 9.15 Å². The Morgan fingerprint density at radius 1 is 1.18 bits per heavy atom. The van der Waals surface area contributed by atoms with E-state index in [2.05, 4.69) is 4.90 Å². The van der Waals surface area contributed by atoms with E-state index in [1.807, 2.05) is 42.5 Å². The Labute approximate surface area is 130 Å². The Bertz CT molecular complexity index is 599. The summed E-state index contributed by atoms with van der Waals surface area (Å²) in [5.74, 6) is 0.835. The van der Waals surface area contributed by atoms with Crippen LogP contribution in [0.25, 0.3) is 0 Å². The lowest BCUT2D eigenvalue weighted by Crippen LogP contribution is -2.47. The summed E-state index contributed by atoms with van der Waals surface area (Å²) in [5, 5.41) is 0. The maximum atomic E-state index is 12.5. The molecule has 0 bridgehead atoms. The van der Waals surface area contributed by atoms with E-state index in [9.17, 15) is 4.79 Å². The number of piperidine rings is 1. The van der Waals surface area contributed by atoms with Gasteiger partial charge in [-0.25, -0.2) is 0 Å². The molecule has 22 heavy (non-hydrogen) atoms. The summed E-state index contributed by atoms with van der Waals surface area (Å²) in [4.78, 5) is 14.8. The van der Waals surface area contributed by atoms with Crippen molar-refractivity contribution < 1.29 is 13.9 Å². The quantitative estimate of drug-likeness (QED) is 0.814. The van der Waals surface area contributed by atoms with Crippen molar-refractivity contribution in [1.82, 2.24) is 4.90 Å². The van der Waals surface area contributed by atoms with Gasteiger partial charge in [0.25, 0.3) is 0 Å². The molecule has 4 heteroatoms. The number of likely N-dealkylation sites (tertiary alicyclic amines) is 1. The molecule has 0 radical (unpaired) electrons. The molecule has 0 amide bonds. The fraction of sp³-hybridized carbons (Fsp3) is 0.389. The van der Waals surface area contributed by atoms with Gasteiger partial charge in [0.2, 0.25) is 0 Å². The molecule has 1 aliphatic heterocycles. The van der Waals surface area contributed by atoms with Crippen LogP contribution in [-0.2, 0) is 21.5 Å². The average Bonchev–Trinajstić information content (AvgIpc) is 3.09. The smallest absolute Gasteiger partial charge is 0.316 e. The molecule has 0 aliphatic carbocycles. The van der Waals surface area contributed by atoms with E-state index in [-0.39, 0.29) is 5.97 Å². The van der Waals surface area contributed by atoms with E-state index in [1.54, 1.807) is 6.26 Å². The summed E-state index contributed by atoms with van der Waals surface area (Å²) >= 11 is 0. The number of nitrogens with zero attached hydrogens (tertiary/aromatic N) is 1. The summed E-state index contributed by atoms with van der Waals surface area (Å²) in [5.41, 5.74) is 0.537. The molecule has 0 atom stereocenters. The van der Waals surface area contributed by atoms with E-state index in [1.165, 1.54) is 7.11 Å². The van der Waals surface area contributed by atoms with Gasteiger partial charge in [-0.3, -0.25) is 9.69 Å². The van der Waals surface area contributed by atoms with Crippen molar-refractivity contribution in [3.05, 3.63) is 60.1 Å². The molecular formula is C18H21NO3. The summed E-state index contributed by atoms with van der Waals surface area (Å²) < 4.78 is 10.5. The Kier molecular flexibility index (Phi) is 4.29. The highest BCUT2D eigenvalue weighted by Gasteiger charge is 2.43. The monoisotopic (exact) mass is 299 g/mol. The standard InChI is InChI=1S/C18H21NO3/c1-21-17(20)18(15-6-3-2-4-7-15)9-11-19(12-10-18)14-16-8-5-13-22-16/h2-8,13H,9-12,14H2,1H3. The van der Waals surface area contributed by atoms with Crippen LogP contribution in [0.3, 0.4) is 0 Å². The molecule has 116 valence electrons. The number of furan rings is 1. The van der Waals surface area contributed by atoms with E-state index >= 15 is 0 Å². The molecule has 1 aromatic carbocycles. The number of carbonyl (C=O) groups is 1. The minimum Gasteiger partial charge on any atom is -0.468 e. The summed E-state index contributed by atoms with van der Waals surface area (Å²) in [6.07, 6.45) is 3.23. The molecule has 4 nitrogen and oxygen atoms in total. The fourth-order valence-corrected chi connectivity index (χ4v) is 3.28. The first-order chi connectivity index (χ1) is 10.7. The van der Waals surface area contributed by atoms with Crippen LogP contribution in [0.4, 0.5) is 0 Å². The van der Waals surface area contributed by atoms with Crippen molar-refractivity contribution in [2.75, 3.05) is 20.2 Å². The second-order valence-electron chi connectivity index (χ2n) is 5.80. The number of hydrogen-bond acceptors (Lipinski definition) is 4. The molecule has 1 aromatic heterocycles. The number of carbonyl (C=O) groups excluding carboxylic acids is 1. The maximum absolute atomic E-state index is 12.5. The van der Waals surface area contributed by atoms with E-state index in [0.29, 0.717) is 0 Å². The molecule has 1 saturated heterocycles. The van der Waals surface area contributed by atoms with Gasteiger partial charge in [-0.15, -0.1) is 0 Å². The van der Waals surface area contributed by atoms with Crippen LogP contribution in [0.1, 0.15) is 24.2 Å². The normalized spacial score (nSPS) is 18.0. The minimum atomic E-state index is -0.518. The third-order valence-corrected chi connectivity index (χ3v) is 4.57. The maximum Gasteiger partial charge on any atom is 0.316 e. The third-order valence-electron chi connectivity index (χ3n) is 4.57. The van der Waals surface area contributed by atoms with Crippen molar-refractivity contribution in [3.63, 3.8) is 0 Å². The topological polar surface area (TPSA) is 42.7 Å². The minimum absolute atomic E-state index is 0.128. The molecule has 3 rings (SSSR count). The molecule has 0 saturated carbocycles. The fourth-order valence-electron chi connectivity index (χ4n) is 3.28. The number of rotatable bonds is 4. The van der Waals surface area contributed by atoms with E-state index in [0.717, 1.165) is 43.8 Å². The zero-order chi connectivity index (χ0) is 15.4. The predicted molar refractivity (Wildman–Crippen MR) is 83.4 cm³/mol. The molecule has 0 unspecified atom stereocenters. The molecule has 0 N–H and O–H groups in total. The second-order valence-corrected chi connectivity index (χ2v) is 5.80. The zero-order valence-corrected chi connectivity index (χ0v) is 12.8. The van der Waals surface area contributed by atoms with Crippen LogP contribution >= 0.6 is 0 Å². The first-order valence-electron chi connectivity index (χ1n) is 7.63. The Hall–Kier alpha value is -2.07. The van der Waals surface area contributed by atoms with Crippen molar-refractivity contribution in [1.29, 1.82) is 0 Å². The number of benzene rings is 1. The van der Waals surface area contributed by atoms with Crippen molar-refractivity contribution in [2.45, 2.75) is 24.8 Å². The van der Waals surface area contributed by atoms with Gasteiger partial charge in [0.1, 0.15) is 5.76 Å². The van der Waals surface area contributed by atoms with Crippen LogP contribution in [-0.4, -0.2) is 31.1 Å². The Balaban J connectivity index is 1.75. The van der Waals surface area contributed by atoms with Crippen LogP contribution in [0.2, 0.25) is 0 Å². The van der Waals surface area contributed by atoms with Gasteiger partial charge in [0.15, 0.2) is 0 Å². The molecule has 2 aromatic rings. The molecule has 0 spiro atoms. The van der Waals surface area contributed by atoms with Crippen LogP contribution in [0.5, 0.6) is 0 Å². The highest BCUT2D eigenvalue weighted by Crippen LogP contribution is 2.37. The Morgan fingerprint density at radius 2 is 1.91 bits per heavy atom. The van der Waals surface area contributed by atoms with Gasteiger partial charge in [-0.1, -0.05) is 30.3 Å². The summed E-state index contributed by atoms with van der Waals surface area (Å²) in [7, 11) is 1.47. The summed E-state index contributed by atoms with van der Waals surface area (Å²) in [6, 6.07) is 13.9. The first kappa shape index (κ1) is 14.9. The highest BCUT2D eigenvalue weighted by atomic mass is 16.5. The molecule has 1 aliphatic rings. The van der Waals surface area contributed by atoms with Crippen molar-refractivity contribution >= 4 is 5.97 Å². The van der Waals surface area contributed by atoms with Crippen molar-refractivity contribution in [3.8, 4) is 0 Å². The lowest BCUT2D eigenvalue weighted by atomic mass is 9.72. The molecule has 1 fully saturated rings. The van der Waals surface area contributed by atoms with Crippen molar-refractivity contribution in [2.24, 2.45) is 0 Å². The molecule has 2 heterocycles. The van der Waals surface area contributed by atoms with Gasteiger partial charge in [-0.2, -0.15) is 0 Å². The number of esters is 1. The van der Waals surface area contributed by atoms with Gasteiger partial charge in [-0.05, 0) is 30.5 Å². The zero-order valence-electron chi connectivity index (χ0n) is 12.8. The average molecular weight is 299 g/mol. The highest BCUT2D eigenvalue weighted by molar-refractivity contribution is 5.83. The van der Waals surface area contributed by atoms with Gasteiger partial charge in [0.05, 0.1) is 25.3 Å². The van der Waals surface area contributed by atoms with Gasteiger partial charge < -0.3 is 9.15 Å². The largest absolute Gasteiger partial charge is 0.468 e. The number of hydrogen-bond donors (Lipinski definition) is 0. The van der Waals surface area contributed by atoms with Crippen LogP contribution < -0.4 is 0 Å².